The molecular weight excluding hydrogens is 250 g/mol. The normalized spacial score (nSPS) is 50.0. The minimum atomic E-state index is 0.00438. The second kappa shape index (κ2) is 4.46. The summed E-state index contributed by atoms with van der Waals surface area (Å²) >= 11 is 0. The third-order valence-corrected chi connectivity index (χ3v) is 6.43. The predicted molar refractivity (Wildman–Crippen MR) is 77.2 cm³/mol. The SMILES string of the molecule is C[C@@H]1C[C@H](N(C)CC23CC4CC(CC(C4)C2)C3)C(=O)O1. The summed E-state index contributed by atoms with van der Waals surface area (Å²) in [7, 11) is 2.14. The van der Waals surface area contributed by atoms with E-state index in [1.807, 2.05) is 6.92 Å². The van der Waals surface area contributed by atoms with Gasteiger partial charge in [0.2, 0.25) is 0 Å². The molecule has 0 aromatic heterocycles. The lowest BCUT2D eigenvalue weighted by molar-refractivity contribution is -0.145. The van der Waals surface area contributed by atoms with E-state index in [-0.39, 0.29) is 18.1 Å². The van der Waals surface area contributed by atoms with Gasteiger partial charge in [0.05, 0.1) is 0 Å². The molecule has 5 aliphatic rings. The smallest absolute Gasteiger partial charge is 0.323 e. The molecule has 3 heteroatoms. The van der Waals surface area contributed by atoms with Crippen molar-refractivity contribution in [3.05, 3.63) is 0 Å². The van der Waals surface area contributed by atoms with Crippen molar-refractivity contribution in [3.63, 3.8) is 0 Å². The van der Waals surface area contributed by atoms with Crippen LogP contribution >= 0.6 is 0 Å². The highest BCUT2D eigenvalue weighted by molar-refractivity contribution is 5.77. The van der Waals surface area contributed by atoms with E-state index < -0.39 is 0 Å². The molecular formula is C17H27NO2. The van der Waals surface area contributed by atoms with Crippen LogP contribution in [0.15, 0.2) is 0 Å². The van der Waals surface area contributed by atoms with Gasteiger partial charge >= 0.3 is 5.97 Å². The first-order valence-corrected chi connectivity index (χ1v) is 8.44. The van der Waals surface area contributed by atoms with Crippen LogP contribution in [0.3, 0.4) is 0 Å². The Bertz CT molecular complexity index is 384. The Labute approximate surface area is 122 Å². The fourth-order valence-electron chi connectivity index (χ4n) is 6.22. The van der Waals surface area contributed by atoms with E-state index in [1.165, 1.54) is 38.5 Å². The van der Waals surface area contributed by atoms with Crippen LogP contribution < -0.4 is 0 Å². The van der Waals surface area contributed by atoms with Crippen LogP contribution in [-0.2, 0) is 9.53 Å². The Morgan fingerprint density at radius 2 is 1.65 bits per heavy atom. The van der Waals surface area contributed by atoms with E-state index in [2.05, 4.69) is 11.9 Å². The van der Waals surface area contributed by atoms with Gasteiger partial charge in [-0.1, -0.05) is 0 Å². The van der Waals surface area contributed by atoms with E-state index in [0.29, 0.717) is 5.41 Å². The summed E-state index contributed by atoms with van der Waals surface area (Å²) in [5.41, 5.74) is 0.523. The Morgan fingerprint density at radius 3 is 2.10 bits per heavy atom. The van der Waals surface area contributed by atoms with Crippen LogP contribution in [0.25, 0.3) is 0 Å². The molecule has 0 aromatic carbocycles. The molecule has 3 nitrogen and oxygen atoms in total. The monoisotopic (exact) mass is 277 g/mol. The molecule has 0 aromatic rings. The van der Waals surface area contributed by atoms with Crippen molar-refractivity contribution in [2.75, 3.05) is 13.6 Å². The van der Waals surface area contributed by atoms with Gasteiger partial charge in [0.1, 0.15) is 12.1 Å². The van der Waals surface area contributed by atoms with Crippen LogP contribution in [0.4, 0.5) is 0 Å². The zero-order valence-electron chi connectivity index (χ0n) is 12.8. The van der Waals surface area contributed by atoms with Crippen LogP contribution in [0, 0.1) is 23.2 Å². The average molecular weight is 277 g/mol. The molecule has 0 radical (unpaired) electrons. The summed E-state index contributed by atoms with van der Waals surface area (Å²) in [6.07, 6.45) is 9.71. The maximum atomic E-state index is 11.9. The van der Waals surface area contributed by atoms with Crippen molar-refractivity contribution >= 4 is 5.97 Å². The lowest BCUT2D eigenvalue weighted by Crippen LogP contribution is -2.52. The van der Waals surface area contributed by atoms with Crippen molar-refractivity contribution in [2.24, 2.45) is 23.2 Å². The molecule has 0 unspecified atom stereocenters. The Morgan fingerprint density at radius 1 is 1.10 bits per heavy atom. The Balaban J connectivity index is 1.47. The van der Waals surface area contributed by atoms with Crippen LogP contribution in [0.5, 0.6) is 0 Å². The highest BCUT2D eigenvalue weighted by Crippen LogP contribution is 2.60. The first-order valence-electron chi connectivity index (χ1n) is 8.44. The van der Waals surface area contributed by atoms with Crippen molar-refractivity contribution < 1.29 is 9.53 Å². The number of carbonyl (C=O) groups excluding carboxylic acids is 1. The maximum Gasteiger partial charge on any atom is 0.323 e. The number of cyclic esters (lactones) is 1. The number of nitrogens with zero attached hydrogens (tertiary/aromatic N) is 1. The highest BCUT2D eigenvalue weighted by Gasteiger charge is 2.52. The van der Waals surface area contributed by atoms with E-state index >= 15 is 0 Å². The van der Waals surface area contributed by atoms with Gasteiger partial charge in [-0.2, -0.15) is 0 Å². The molecule has 112 valence electrons. The Hall–Kier alpha value is -0.570. The third kappa shape index (κ3) is 2.09. The fraction of sp³-hybridized carbons (Fsp3) is 0.941. The number of hydrogen-bond acceptors (Lipinski definition) is 3. The standard InChI is InChI=1S/C17H27NO2/c1-11-3-15(16(19)20-11)18(2)10-17-7-12-4-13(8-17)6-14(5-12)9-17/h11-15H,3-10H2,1-2H3/t11-,12?,13?,14?,15+,17?/m1/s1. The van der Waals surface area contributed by atoms with E-state index in [0.717, 1.165) is 30.7 Å². The van der Waals surface area contributed by atoms with E-state index in [9.17, 15) is 4.79 Å². The molecule has 1 heterocycles. The maximum absolute atomic E-state index is 11.9. The summed E-state index contributed by atoms with van der Waals surface area (Å²) in [5.74, 6) is 2.97. The number of carbonyl (C=O) groups is 1. The fourth-order valence-corrected chi connectivity index (χ4v) is 6.22. The molecule has 5 rings (SSSR count). The minimum Gasteiger partial charge on any atom is -0.461 e. The van der Waals surface area contributed by atoms with Gasteiger partial charge in [0.15, 0.2) is 0 Å². The highest BCUT2D eigenvalue weighted by atomic mass is 16.6. The van der Waals surface area contributed by atoms with Crippen molar-refractivity contribution in [1.82, 2.24) is 4.90 Å². The number of rotatable bonds is 3. The molecule has 4 aliphatic carbocycles. The Kier molecular flexibility index (Phi) is 2.93. The summed E-state index contributed by atoms with van der Waals surface area (Å²) < 4.78 is 5.34. The topological polar surface area (TPSA) is 29.5 Å². The number of likely N-dealkylation sites (N-methyl/N-ethyl adjacent to an activating group) is 1. The summed E-state index contributed by atoms with van der Waals surface area (Å²) in [4.78, 5) is 14.3. The van der Waals surface area contributed by atoms with Crippen molar-refractivity contribution in [3.8, 4) is 0 Å². The quantitative estimate of drug-likeness (QED) is 0.743. The lowest BCUT2D eigenvalue weighted by Gasteiger charge is -2.58. The van der Waals surface area contributed by atoms with Crippen molar-refractivity contribution in [1.29, 1.82) is 0 Å². The van der Waals surface area contributed by atoms with Crippen LogP contribution in [0.2, 0.25) is 0 Å². The lowest BCUT2D eigenvalue weighted by atomic mass is 9.49. The van der Waals surface area contributed by atoms with Gasteiger partial charge in [-0.3, -0.25) is 9.69 Å². The summed E-state index contributed by atoms with van der Waals surface area (Å²) in [6.45, 7) is 3.12. The molecule has 0 N–H and O–H groups in total. The second-order valence-electron chi connectivity index (χ2n) is 8.33. The van der Waals surface area contributed by atoms with Gasteiger partial charge in [-0.15, -0.1) is 0 Å². The number of esters is 1. The molecule has 4 saturated carbocycles. The molecule has 0 spiro atoms. The first kappa shape index (κ1) is 13.1. The zero-order valence-corrected chi connectivity index (χ0v) is 12.8. The predicted octanol–water partition coefficient (Wildman–Crippen LogP) is 2.84. The molecule has 4 bridgehead atoms. The number of hydrogen-bond donors (Lipinski definition) is 0. The zero-order chi connectivity index (χ0) is 13.9. The van der Waals surface area contributed by atoms with Gasteiger partial charge in [0.25, 0.3) is 0 Å². The van der Waals surface area contributed by atoms with Crippen molar-refractivity contribution in [2.45, 2.75) is 64.0 Å². The van der Waals surface area contributed by atoms with E-state index in [1.54, 1.807) is 0 Å². The van der Waals surface area contributed by atoms with Gasteiger partial charge in [-0.05, 0) is 75.7 Å². The summed E-state index contributed by atoms with van der Waals surface area (Å²) in [5, 5.41) is 0. The average Bonchev–Trinajstić information content (AvgIpc) is 2.66. The van der Waals surface area contributed by atoms with Crippen LogP contribution in [0.1, 0.15) is 51.9 Å². The van der Waals surface area contributed by atoms with E-state index in [4.69, 9.17) is 4.74 Å². The summed E-state index contributed by atoms with van der Waals surface area (Å²) in [6, 6.07) is 0.0120. The first-order chi connectivity index (χ1) is 9.53. The molecule has 5 fully saturated rings. The van der Waals surface area contributed by atoms with Crippen LogP contribution in [-0.4, -0.2) is 36.6 Å². The molecule has 1 aliphatic heterocycles. The molecule has 1 saturated heterocycles. The minimum absolute atomic E-state index is 0.00438. The van der Waals surface area contributed by atoms with Gasteiger partial charge in [0, 0.05) is 13.0 Å². The largest absolute Gasteiger partial charge is 0.461 e. The second-order valence-corrected chi connectivity index (χ2v) is 8.33. The molecule has 20 heavy (non-hydrogen) atoms. The number of ether oxygens (including phenoxy) is 1. The molecule has 2 atom stereocenters. The molecule has 0 amide bonds. The van der Waals surface area contributed by atoms with Gasteiger partial charge < -0.3 is 4.74 Å². The third-order valence-electron chi connectivity index (χ3n) is 6.43. The van der Waals surface area contributed by atoms with Gasteiger partial charge in [-0.25, -0.2) is 0 Å².